The lowest BCUT2D eigenvalue weighted by molar-refractivity contribution is -0.152. The number of Topliss-reactive ketones (excluding diaryl/α,β-unsaturated/α-hetero) is 1. The summed E-state index contributed by atoms with van der Waals surface area (Å²) in [4.78, 5) is 25.6. The SMILES string of the molecule is N#Cc1ccc(CC(C(=O)OCC2c3ccccc3-c3ccccc32)C(=O)C(N)Cl)cc1. The molecule has 3 aromatic rings. The molecular formula is C26H21ClN2O3. The molecule has 4 rings (SSSR count). The van der Waals surface area contributed by atoms with Crippen molar-refractivity contribution in [3.63, 3.8) is 0 Å². The van der Waals surface area contributed by atoms with E-state index in [0.717, 1.165) is 22.3 Å². The van der Waals surface area contributed by atoms with Gasteiger partial charge < -0.3 is 10.5 Å². The zero-order valence-corrected chi connectivity index (χ0v) is 18.0. The number of hydrogen-bond donors (Lipinski definition) is 1. The standard InChI is InChI=1S/C26H21ClN2O3/c27-25(29)24(30)22(13-16-9-11-17(14-28)12-10-16)26(31)32-15-23-20-7-3-1-5-18(20)19-6-2-4-8-21(19)23/h1-12,22-23,25H,13,15,29H2. The molecule has 32 heavy (non-hydrogen) atoms. The third-order valence-electron chi connectivity index (χ3n) is 5.78. The third kappa shape index (κ3) is 4.29. The van der Waals surface area contributed by atoms with E-state index in [2.05, 4.69) is 12.1 Å². The largest absolute Gasteiger partial charge is 0.464 e. The van der Waals surface area contributed by atoms with Gasteiger partial charge in [0.25, 0.3) is 0 Å². The molecule has 0 bridgehead atoms. The van der Waals surface area contributed by atoms with E-state index in [1.54, 1.807) is 24.3 Å². The van der Waals surface area contributed by atoms with E-state index < -0.39 is 23.2 Å². The highest BCUT2D eigenvalue weighted by Crippen LogP contribution is 2.44. The summed E-state index contributed by atoms with van der Waals surface area (Å²) in [6, 6.07) is 24.8. The molecule has 0 spiro atoms. The second-order valence-electron chi connectivity index (χ2n) is 7.73. The number of alkyl halides is 1. The van der Waals surface area contributed by atoms with Crippen molar-refractivity contribution in [2.75, 3.05) is 6.61 Å². The number of benzene rings is 3. The Morgan fingerprint density at radius 2 is 1.53 bits per heavy atom. The van der Waals surface area contributed by atoms with Gasteiger partial charge in [0, 0.05) is 5.92 Å². The molecule has 0 radical (unpaired) electrons. The molecule has 2 N–H and O–H groups in total. The maximum Gasteiger partial charge on any atom is 0.316 e. The average Bonchev–Trinajstić information content (AvgIpc) is 3.14. The normalized spacial score (nSPS) is 14.0. The molecule has 0 saturated heterocycles. The summed E-state index contributed by atoms with van der Waals surface area (Å²) >= 11 is 5.82. The topological polar surface area (TPSA) is 93.2 Å². The number of carbonyl (C=O) groups is 2. The van der Waals surface area contributed by atoms with Crippen molar-refractivity contribution in [2.45, 2.75) is 17.8 Å². The first-order valence-corrected chi connectivity index (χ1v) is 10.7. The van der Waals surface area contributed by atoms with Crippen LogP contribution >= 0.6 is 11.6 Å². The molecule has 0 saturated carbocycles. The molecule has 1 aliphatic carbocycles. The van der Waals surface area contributed by atoms with Crippen molar-refractivity contribution in [3.05, 3.63) is 95.1 Å². The van der Waals surface area contributed by atoms with E-state index in [4.69, 9.17) is 27.3 Å². The Labute approximate surface area is 191 Å². The number of halogens is 1. The van der Waals surface area contributed by atoms with E-state index in [9.17, 15) is 9.59 Å². The van der Waals surface area contributed by atoms with E-state index >= 15 is 0 Å². The van der Waals surface area contributed by atoms with Gasteiger partial charge in [-0.25, -0.2) is 0 Å². The van der Waals surface area contributed by atoms with Crippen LogP contribution in [0.3, 0.4) is 0 Å². The fourth-order valence-electron chi connectivity index (χ4n) is 4.15. The number of fused-ring (bicyclic) bond motifs is 3. The summed E-state index contributed by atoms with van der Waals surface area (Å²) in [6.07, 6.45) is 0.0988. The summed E-state index contributed by atoms with van der Waals surface area (Å²) in [6.45, 7) is 0.113. The number of esters is 1. The van der Waals surface area contributed by atoms with E-state index in [1.165, 1.54) is 0 Å². The van der Waals surface area contributed by atoms with Gasteiger partial charge in [0.05, 0.1) is 11.6 Å². The van der Waals surface area contributed by atoms with Crippen molar-refractivity contribution >= 4 is 23.4 Å². The average molecular weight is 445 g/mol. The fourth-order valence-corrected chi connectivity index (χ4v) is 4.30. The second kappa shape index (κ2) is 9.35. The Balaban J connectivity index is 1.53. The molecule has 160 valence electrons. The first kappa shape index (κ1) is 21.8. The minimum Gasteiger partial charge on any atom is -0.464 e. The van der Waals surface area contributed by atoms with Crippen molar-refractivity contribution < 1.29 is 14.3 Å². The molecule has 1 aliphatic rings. The Bertz CT molecular complexity index is 1150. The summed E-state index contributed by atoms with van der Waals surface area (Å²) in [7, 11) is 0. The lowest BCUT2D eigenvalue weighted by Crippen LogP contribution is -2.38. The molecule has 0 aliphatic heterocycles. The van der Waals surface area contributed by atoms with Crippen LogP contribution in [0.1, 0.15) is 28.2 Å². The highest BCUT2D eigenvalue weighted by molar-refractivity contribution is 6.32. The number of nitriles is 1. The highest BCUT2D eigenvalue weighted by Gasteiger charge is 2.34. The number of ether oxygens (including phenoxy) is 1. The lowest BCUT2D eigenvalue weighted by Gasteiger charge is -2.19. The van der Waals surface area contributed by atoms with Gasteiger partial charge in [0.15, 0.2) is 5.78 Å². The molecule has 6 heteroatoms. The summed E-state index contributed by atoms with van der Waals surface area (Å²) < 4.78 is 5.66. The summed E-state index contributed by atoms with van der Waals surface area (Å²) in [5.41, 5.74) is 9.91. The van der Waals surface area contributed by atoms with Gasteiger partial charge in [-0.3, -0.25) is 9.59 Å². The maximum atomic E-state index is 13.0. The molecule has 0 aromatic heterocycles. The van der Waals surface area contributed by atoms with Crippen molar-refractivity contribution in [2.24, 2.45) is 11.7 Å². The van der Waals surface area contributed by atoms with Crippen LogP contribution in [0.15, 0.2) is 72.8 Å². The van der Waals surface area contributed by atoms with Gasteiger partial charge in [0.1, 0.15) is 18.0 Å². The highest BCUT2D eigenvalue weighted by atomic mass is 35.5. The van der Waals surface area contributed by atoms with E-state index in [-0.39, 0.29) is 18.9 Å². The van der Waals surface area contributed by atoms with E-state index in [1.807, 2.05) is 42.5 Å². The monoisotopic (exact) mass is 444 g/mol. The number of hydrogen-bond acceptors (Lipinski definition) is 5. The smallest absolute Gasteiger partial charge is 0.316 e. The van der Waals surface area contributed by atoms with Gasteiger partial charge >= 0.3 is 5.97 Å². The predicted molar refractivity (Wildman–Crippen MR) is 122 cm³/mol. The van der Waals surface area contributed by atoms with Crippen LogP contribution < -0.4 is 5.73 Å². The van der Waals surface area contributed by atoms with E-state index in [0.29, 0.717) is 11.1 Å². The number of carbonyl (C=O) groups excluding carboxylic acids is 2. The van der Waals surface area contributed by atoms with Crippen LogP contribution in [0.25, 0.3) is 11.1 Å². The predicted octanol–water partition coefficient (Wildman–Crippen LogP) is 4.17. The zero-order chi connectivity index (χ0) is 22.7. The Kier molecular flexibility index (Phi) is 6.36. The minimum atomic E-state index is -1.31. The molecule has 0 heterocycles. The van der Waals surface area contributed by atoms with Crippen molar-refractivity contribution in [3.8, 4) is 17.2 Å². The number of nitrogens with two attached hydrogens (primary N) is 1. The minimum absolute atomic E-state index is 0.0988. The second-order valence-corrected chi connectivity index (χ2v) is 8.20. The zero-order valence-electron chi connectivity index (χ0n) is 17.2. The number of nitrogens with zero attached hydrogens (tertiary/aromatic N) is 1. The van der Waals surface area contributed by atoms with Crippen LogP contribution in [-0.2, 0) is 20.7 Å². The molecule has 0 amide bonds. The maximum absolute atomic E-state index is 13.0. The van der Waals surface area contributed by atoms with Gasteiger partial charge in [-0.1, -0.05) is 72.3 Å². The van der Waals surface area contributed by atoms with Crippen LogP contribution in [0.4, 0.5) is 0 Å². The molecule has 5 nitrogen and oxygen atoms in total. The van der Waals surface area contributed by atoms with Gasteiger partial charge in [-0.15, -0.1) is 0 Å². The molecule has 2 atom stereocenters. The van der Waals surface area contributed by atoms with Crippen LogP contribution in [0, 0.1) is 17.2 Å². The molecule has 2 unspecified atom stereocenters. The third-order valence-corrected chi connectivity index (χ3v) is 5.99. The van der Waals surface area contributed by atoms with Crippen LogP contribution in [0.5, 0.6) is 0 Å². The Morgan fingerprint density at radius 3 is 2.06 bits per heavy atom. The first-order chi connectivity index (χ1) is 15.5. The molecule has 0 fully saturated rings. The molecule has 3 aromatic carbocycles. The summed E-state index contributed by atoms with van der Waals surface area (Å²) in [5, 5.41) is 8.96. The van der Waals surface area contributed by atoms with Gasteiger partial charge in [-0.05, 0) is 46.4 Å². The van der Waals surface area contributed by atoms with Crippen LogP contribution in [-0.4, -0.2) is 23.9 Å². The van der Waals surface area contributed by atoms with Crippen molar-refractivity contribution in [1.82, 2.24) is 0 Å². The van der Waals surface area contributed by atoms with Crippen LogP contribution in [0.2, 0.25) is 0 Å². The van der Waals surface area contributed by atoms with Gasteiger partial charge in [-0.2, -0.15) is 5.26 Å². The quantitative estimate of drug-likeness (QED) is 0.255. The van der Waals surface area contributed by atoms with Crippen molar-refractivity contribution in [1.29, 1.82) is 5.26 Å². The lowest BCUT2D eigenvalue weighted by atomic mass is 9.94. The fraction of sp³-hybridized carbons (Fsp3) is 0.192. The Hall–Kier alpha value is -3.46. The molecular weight excluding hydrogens is 424 g/mol. The number of rotatable bonds is 7. The Morgan fingerprint density at radius 1 is 0.969 bits per heavy atom. The first-order valence-electron chi connectivity index (χ1n) is 10.3. The van der Waals surface area contributed by atoms with Gasteiger partial charge in [0.2, 0.25) is 0 Å². The number of ketones is 1. The summed E-state index contributed by atoms with van der Waals surface area (Å²) in [5.74, 6) is -2.48.